The summed E-state index contributed by atoms with van der Waals surface area (Å²) in [5, 5.41) is 2.83. The van der Waals surface area contributed by atoms with Crippen LogP contribution in [0.3, 0.4) is 0 Å². The Balaban J connectivity index is 1.42. The SMILES string of the molecule is CC[C@]1(c2ccccc2)NC(=O)N(CC(=O)c2cc(C)n(-c3ccc4c(c3)OCCO4)c2C)C1=O. The summed E-state index contributed by atoms with van der Waals surface area (Å²) in [5.74, 6) is 0.635. The van der Waals surface area contributed by atoms with Crippen LogP contribution in [-0.4, -0.2) is 46.9 Å². The largest absolute Gasteiger partial charge is 0.486 e. The molecular formula is C27H27N3O5. The van der Waals surface area contributed by atoms with E-state index in [9.17, 15) is 14.4 Å². The molecule has 0 bridgehead atoms. The van der Waals surface area contributed by atoms with E-state index in [1.54, 1.807) is 6.07 Å². The van der Waals surface area contributed by atoms with Crippen LogP contribution in [0.4, 0.5) is 4.79 Å². The molecule has 2 aliphatic heterocycles. The molecule has 8 nitrogen and oxygen atoms in total. The van der Waals surface area contributed by atoms with Crippen molar-refractivity contribution in [1.82, 2.24) is 14.8 Å². The Hall–Kier alpha value is -4.07. The van der Waals surface area contributed by atoms with Crippen LogP contribution in [0.25, 0.3) is 5.69 Å². The molecule has 1 fully saturated rings. The van der Waals surface area contributed by atoms with E-state index in [4.69, 9.17) is 9.47 Å². The predicted molar refractivity (Wildman–Crippen MR) is 129 cm³/mol. The number of urea groups is 1. The Morgan fingerprint density at radius 2 is 1.71 bits per heavy atom. The number of rotatable bonds is 6. The normalized spacial score (nSPS) is 19.1. The van der Waals surface area contributed by atoms with E-state index in [-0.39, 0.29) is 12.3 Å². The van der Waals surface area contributed by atoms with Crippen molar-refractivity contribution in [2.45, 2.75) is 32.7 Å². The smallest absolute Gasteiger partial charge is 0.325 e. The standard InChI is InChI=1S/C27H27N3O5/c1-4-27(19-8-6-5-7-9-19)25(32)29(26(33)28-27)16-22(31)21-14-17(2)30(18(21)3)20-10-11-23-24(15-20)35-13-12-34-23/h5-11,14-15H,4,12-13,16H2,1-3H3,(H,28,33)/t27-/m1/s1. The molecule has 35 heavy (non-hydrogen) atoms. The highest BCUT2D eigenvalue weighted by Gasteiger charge is 2.51. The molecule has 0 unspecified atom stereocenters. The van der Waals surface area contributed by atoms with Crippen LogP contribution in [0, 0.1) is 13.8 Å². The first kappa shape index (κ1) is 22.7. The van der Waals surface area contributed by atoms with Crippen LogP contribution in [-0.2, 0) is 10.3 Å². The lowest BCUT2D eigenvalue weighted by molar-refractivity contribution is -0.131. The molecule has 0 spiro atoms. The number of carbonyl (C=O) groups excluding carboxylic acids is 3. The van der Waals surface area contributed by atoms with Crippen molar-refractivity contribution in [3.63, 3.8) is 0 Å². The molecule has 0 aliphatic carbocycles. The number of hydrogen-bond donors (Lipinski definition) is 1. The lowest BCUT2D eigenvalue weighted by atomic mass is 9.87. The van der Waals surface area contributed by atoms with Crippen molar-refractivity contribution in [2.75, 3.05) is 19.8 Å². The van der Waals surface area contributed by atoms with Crippen molar-refractivity contribution in [2.24, 2.45) is 0 Å². The van der Waals surface area contributed by atoms with Crippen molar-refractivity contribution in [1.29, 1.82) is 0 Å². The number of fused-ring (bicyclic) bond motifs is 1. The summed E-state index contributed by atoms with van der Waals surface area (Å²) >= 11 is 0. The first-order chi connectivity index (χ1) is 16.9. The first-order valence-electron chi connectivity index (χ1n) is 11.7. The van der Waals surface area contributed by atoms with Crippen LogP contribution < -0.4 is 14.8 Å². The van der Waals surface area contributed by atoms with Crippen LogP contribution in [0.5, 0.6) is 11.5 Å². The number of nitrogens with one attached hydrogen (secondary N) is 1. The second-order valence-electron chi connectivity index (χ2n) is 8.82. The predicted octanol–water partition coefficient (Wildman–Crippen LogP) is 3.91. The summed E-state index contributed by atoms with van der Waals surface area (Å²) in [6, 6.07) is 16.0. The molecule has 3 heterocycles. The van der Waals surface area contributed by atoms with Crippen molar-refractivity contribution in [3.8, 4) is 17.2 Å². The van der Waals surface area contributed by atoms with E-state index in [2.05, 4.69) is 5.32 Å². The molecule has 8 heteroatoms. The summed E-state index contributed by atoms with van der Waals surface area (Å²) in [6.07, 6.45) is 0.380. The van der Waals surface area contributed by atoms with Gasteiger partial charge in [0.05, 0.1) is 6.54 Å². The topological polar surface area (TPSA) is 89.9 Å². The average molecular weight is 474 g/mol. The van der Waals surface area contributed by atoms with E-state index in [1.165, 1.54) is 0 Å². The third-order valence-corrected chi connectivity index (χ3v) is 6.79. The summed E-state index contributed by atoms with van der Waals surface area (Å²) in [6.45, 7) is 6.27. The van der Waals surface area contributed by atoms with Crippen LogP contribution in [0.1, 0.15) is 40.7 Å². The van der Waals surface area contributed by atoms with Gasteiger partial charge in [-0.2, -0.15) is 0 Å². The fourth-order valence-corrected chi connectivity index (χ4v) is 4.97. The number of imide groups is 1. The van der Waals surface area contributed by atoms with Gasteiger partial charge in [-0.15, -0.1) is 0 Å². The minimum Gasteiger partial charge on any atom is -0.486 e. The van der Waals surface area contributed by atoms with Crippen molar-refractivity contribution >= 4 is 17.7 Å². The van der Waals surface area contributed by atoms with Gasteiger partial charge in [-0.05, 0) is 44.0 Å². The molecule has 1 aromatic heterocycles. The summed E-state index contributed by atoms with van der Waals surface area (Å²) in [7, 11) is 0. The summed E-state index contributed by atoms with van der Waals surface area (Å²) in [5.41, 5.74) is 2.42. The Morgan fingerprint density at radius 1 is 1.00 bits per heavy atom. The molecule has 1 saturated heterocycles. The Bertz CT molecular complexity index is 1330. The fourth-order valence-electron chi connectivity index (χ4n) is 4.97. The lowest BCUT2D eigenvalue weighted by Gasteiger charge is -2.25. The number of carbonyl (C=O) groups is 3. The number of aromatic nitrogens is 1. The molecule has 2 aromatic carbocycles. The van der Waals surface area contributed by atoms with E-state index >= 15 is 0 Å². The van der Waals surface area contributed by atoms with Gasteiger partial charge in [0.1, 0.15) is 18.8 Å². The fraction of sp³-hybridized carbons (Fsp3) is 0.296. The molecule has 5 rings (SSSR count). The van der Waals surface area contributed by atoms with Gasteiger partial charge in [0.25, 0.3) is 5.91 Å². The minimum atomic E-state index is -1.17. The highest BCUT2D eigenvalue weighted by Crippen LogP contribution is 2.35. The second kappa shape index (κ2) is 8.61. The number of ether oxygens (including phenoxy) is 2. The highest BCUT2D eigenvalue weighted by atomic mass is 16.6. The average Bonchev–Trinajstić information content (AvgIpc) is 3.31. The highest BCUT2D eigenvalue weighted by molar-refractivity contribution is 6.11. The molecule has 0 saturated carbocycles. The van der Waals surface area contributed by atoms with Crippen molar-refractivity contribution in [3.05, 3.63) is 77.1 Å². The molecule has 1 atom stereocenters. The van der Waals surface area contributed by atoms with E-state index in [0.717, 1.165) is 22.0 Å². The maximum atomic E-state index is 13.4. The first-order valence-corrected chi connectivity index (χ1v) is 11.7. The Labute approximate surface area is 203 Å². The van der Waals surface area contributed by atoms with Gasteiger partial charge in [-0.1, -0.05) is 37.3 Å². The molecule has 3 amide bonds. The van der Waals surface area contributed by atoms with Gasteiger partial charge in [-0.3, -0.25) is 14.5 Å². The Morgan fingerprint density at radius 3 is 2.43 bits per heavy atom. The zero-order valence-electron chi connectivity index (χ0n) is 20.0. The molecule has 3 aromatic rings. The van der Waals surface area contributed by atoms with Crippen molar-refractivity contribution < 1.29 is 23.9 Å². The number of aryl methyl sites for hydroxylation is 1. The van der Waals surface area contributed by atoms with Crippen LogP contribution >= 0.6 is 0 Å². The number of amides is 3. The number of nitrogens with zero attached hydrogens (tertiary/aromatic N) is 2. The van der Waals surface area contributed by atoms with Gasteiger partial charge in [0, 0.05) is 28.7 Å². The number of hydrogen-bond acceptors (Lipinski definition) is 5. The van der Waals surface area contributed by atoms with Gasteiger partial charge in [-0.25, -0.2) is 4.79 Å². The monoisotopic (exact) mass is 473 g/mol. The quantitative estimate of drug-likeness (QED) is 0.433. The number of benzene rings is 2. The Kier molecular flexibility index (Phi) is 5.59. The van der Waals surface area contributed by atoms with Crippen LogP contribution in [0.2, 0.25) is 0 Å². The van der Waals surface area contributed by atoms with Crippen LogP contribution in [0.15, 0.2) is 54.6 Å². The van der Waals surface area contributed by atoms with Gasteiger partial charge >= 0.3 is 6.03 Å². The number of ketones is 1. The molecule has 1 N–H and O–H groups in total. The van der Waals surface area contributed by atoms with E-state index < -0.39 is 17.5 Å². The zero-order chi connectivity index (χ0) is 24.7. The second-order valence-corrected chi connectivity index (χ2v) is 8.82. The lowest BCUT2D eigenvalue weighted by Crippen LogP contribution is -2.43. The van der Waals surface area contributed by atoms with Gasteiger partial charge < -0.3 is 19.4 Å². The molecule has 180 valence electrons. The molecular weight excluding hydrogens is 446 g/mol. The summed E-state index contributed by atoms with van der Waals surface area (Å²) in [4.78, 5) is 40.6. The summed E-state index contributed by atoms with van der Waals surface area (Å²) < 4.78 is 13.3. The third kappa shape index (κ3) is 3.65. The van der Waals surface area contributed by atoms with E-state index in [0.29, 0.717) is 42.3 Å². The number of Topliss-reactive ketones (excluding diaryl/α,β-unsaturated/α-hetero) is 1. The van der Waals surface area contributed by atoms with E-state index in [1.807, 2.05) is 73.9 Å². The molecule has 0 radical (unpaired) electrons. The third-order valence-electron chi connectivity index (χ3n) is 6.79. The van der Waals surface area contributed by atoms with Gasteiger partial charge in [0.15, 0.2) is 17.3 Å². The maximum absolute atomic E-state index is 13.4. The zero-order valence-corrected chi connectivity index (χ0v) is 20.0. The molecule has 2 aliphatic rings. The van der Waals surface area contributed by atoms with Gasteiger partial charge in [0.2, 0.25) is 0 Å². The maximum Gasteiger partial charge on any atom is 0.325 e. The minimum absolute atomic E-state index is 0.301.